The van der Waals surface area contributed by atoms with Crippen LogP contribution in [0.25, 0.3) is 0 Å². The second-order valence-corrected chi connectivity index (χ2v) is 3.40. The van der Waals surface area contributed by atoms with Gasteiger partial charge in [0, 0.05) is 13.2 Å². The van der Waals surface area contributed by atoms with Crippen LogP contribution in [0.4, 0.5) is 0 Å². The highest BCUT2D eigenvalue weighted by Crippen LogP contribution is 2.04. The molecule has 80 valence electrons. The van der Waals surface area contributed by atoms with Crippen LogP contribution in [-0.2, 0) is 14.3 Å². The van der Waals surface area contributed by atoms with Gasteiger partial charge in [0.1, 0.15) is 0 Å². The van der Waals surface area contributed by atoms with Crippen molar-refractivity contribution in [2.45, 2.75) is 31.8 Å². The lowest BCUT2D eigenvalue weighted by Gasteiger charge is -2.18. The van der Waals surface area contributed by atoms with E-state index in [0.29, 0.717) is 6.61 Å². The van der Waals surface area contributed by atoms with Crippen LogP contribution >= 0.6 is 0 Å². The Hall–Kier alpha value is -0.940. The molecule has 2 atom stereocenters. The molecule has 1 fully saturated rings. The molecule has 2 amide bonds. The average Bonchev–Trinajstić information content (AvgIpc) is 2.44. The van der Waals surface area contributed by atoms with Gasteiger partial charge >= 0.3 is 0 Å². The number of carbonyl (C=O) groups is 2. The Labute approximate surface area is 83.2 Å². The van der Waals surface area contributed by atoms with Crippen molar-refractivity contribution in [3.05, 3.63) is 0 Å². The quantitative estimate of drug-likeness (QED) is 0.582. The van der Waals surface area contributed by atoms with Crippen LogP contribution in [0, 0.1) is 0 Å². The highest BCUT2D eigenvalue weighted by atomic mass is 16.5. The number of hydrogen-bond donors (Lipinski definition) is 2. The molecule has 0 bridgehead atoms. The SMILES string of the molecule is CCC(COC)NC1CC(=O)NC1=O. The summed E-state index contributed by atoms with van der Waals surface area (Å²) in [5.41, 5.74) is 0. The minimum atomic E-state index is -0.386. The van der Waals surface area contributed by atoms with Crippen LogP contribution < -0.4 is 10.6 Å². The van der Waals surface area contributed by atoms with Crippen molar-refractivity contribution >= 4 is 11.8 Å². The fourth-order valence-corrected chi connectivity index (χ4v) is 1.46. The van der Waals surface area contributed by atoms with E-state index in [2.05, 4.69) is 10.6 Å². The van der Waals surface area contributed by atoms with E-state index in [0.717, 1.165) is 6.42 Å². The number of carbonyl (C=O) groups excluding carboxylic acids is 2. The molecular formula is C9H16N2O3. The molecule has 14 heavy (non-hydrogen) atoms. The first-order valence-corrected chi connectivity index (χ1v) is 4.76. The highest BCUT2D eigenvalue weighted by Gasteiger charge is 2.31. The monoisotopic (exact) mass is 200 g/mol. The van der Waals surface area contributed by atoms with E-state index in [4.69, 9.17) is 4.74 Å². The number of methoxy groups -OCH3 is 1. The van der Waals surface area contributed by atoms with Gasteiger partial charge in [-0.25, -0.2) is 0 Å². The molecule has 0 aromatic carbocycles. The first-order valence-electron chi connectivity index (χ1n) is 4.76. The minimum absolute atomic E-state index is 0.127. The van der Waals surface area contributed by atoms with E-state index in [1.54, 1.807) is 7.11 Å². The lowest BCUT2D eigenvalue weighted by Crippen LogP contribution is -2.44. The fourth-order valence-electron chi connectivity index (χ4n) is 1.46. The molecule has 2 N–H and O–H groups in total. The van der Waals surface area contributed by atoms with Gasteiger partial charge in [0.25, 0.3) is 0 Å². The molecule has 1 aliphatic rings. The summed E-state index contributed by atoms with van der Waals surface area (Å²) < 4.78 is 4.99. The van der Waals surface area contributed by atoms with Crippen molar-refractivity contribution in [2.75, 3.05) is 13.7 Å². The maximum absolute atomic E-state index is 11.2. The molecule has 0 aromatic rings. The maximum Gasteiger partial charge on any atom is 0.244 e. The zero-order chi connectivity index (χ0) is 10.6. The van der Waals surface area contributed by atoms with Gasteiger partial charge in [-0.3, -0.25) is 14.9 Å². The van der Waals surface area contributed by atoms with E-state index < -0.39 is 0 Å². The van der Waals surface area contributed by atoms with Gasteiger partial charge in [-0.1, -0.05) is 6.92 Å². The Bertz CT molecular complexity index is 230. The van der Waals surface area contributed by atoms with Crippen LogP contribution in [0.15, 0.2) is 0 Å². The molecule has 0 aromatic heterocycles. The first-order chi connectivity index (χ1) is 6.67. The Balaban J connectivity index is 2.42. The summed E-state index contributed by atoms with van der Waals surface area (Å²) >= 11 is 0. The fraction of sp³-hybridized carbons (Fsp3) is 0.778. The summed E-state index contributed by atoms with van der Waals surface area (Å²) in [6.07, 6.45) is 1.10. The Kier molecular flexibility index (Phi) is 4.03. The minimum Gasteiger partial charge on any atom is -0.383 e. The molecular weight excluding hydrogens is 184 g/mol. The highest BCUT2D eigenvalue weighted by molar-refractivity contribution is 6.05. The molecule has 2 unspecified atom stereocenters. The van der Waals surface area contributed by atoms with Gasteiger partial charge in [-0.2, -0.15) is 0 Å². The Morgan fingerprint density at radius 2 is 2.36 bits per heavy atom. The zero-order valence-electron chi connectivity index (χ0n) is 8.50. The average molecular weight is 200 g/mol. The van der Waals surface area contributed by atoms with Gasteiger partial charge in [-0.15, -0.1) is 0 Å². The summed E-state index contributed by atoms with van der Waals surface area (Å²) in [6, 6.07) is -0.260. The van der Waals surface area contributed by atoms with Gasteiger partial charge < -0.3 is 10.1 Å². The van der Waals surface area contributed by atoms with Crippen LogP contribution in [0.5, 0.6) is 0 Å². The van der Waals surface area contributed by atoms with Crippen molar-refractivity contribution in [1.82, 2.24) is 10.6 Å². The van der Waals surface area contributed by atoms with Gasteiger partial charge in [0.2, 0.25) is 11.8 Å². The normalized spacial score (nSPS) is 23.7. The summed E-state index contributed by atoms with van der Waals surface area (Å²) in [6.45, 7) is 2.56. The molecule has 0 spiro atoms. The summed E-state index contributed by atoms with van der Waals surface area (Å²) in [4.78, 5) is 22.1. The zero-order valence-corrected chi connectivity index (χ0v) is 8.50. The molecule has 5 nitrogen and oxygen atoms in total. The molecule has 1 aliphatic heterocycles. The van der Waals surface area contributed by atoms with Gasteiger partial charge in [0.05, 0.1) is 19.1 Å². The van der Waals surface area contributed by atoms with Crippen molar-refractivity contribution in [1.29, 1.82) is 0 Å². The van der Waals surface area contributed by atoms with Crippen LogP contribution in [-0.4, -0.2) is 37.6 Å². The van der Waals surface area contributed by atoms with Crippen molar-refractivity contribution < 1.29 is 14.3 Å². The predicted molar refractivity (Wildman–Crippen MR) is 50.6 cm³/mol. The molecule has 0 radical (unpaired) electrons. The van der Waals surface area contributed by atoms with E-state index in [1.807, 2.05) is 6.92 Å². The van der Waals surface area contributed by atoms with E-state index in [-0.39, 0.29) is 30.3 Å². The lowest BCUT2D eigenvalue weighted by molar-refractivity contribution is -0.125. The third-order valence-electron chi connectivity index (χ3n) is 2.27. The van der Waals surface area contributed by atoms with Gasteiger partial charge in [-0.05, 0) is 6.42 Å². The molecule has 1 heterocycles. The van der Waals surface area contributed by atoms with Crippen LogP contribution in [0.3, 0.4) is 0 Å². The number of ether oxygens (including phenoxy) is 1. The number of hydrogen-bond acceptors (Lipinski definition) is 4. The number of amides is 2. The third-order valence-corrected chi connectivity index (χ3v) is 2.27. The van der Waals surface area contributed by atoms with E-state index in [9.17, 15) is 9.59 Å². The molecule has 1 rings (SSSR count). The first kappa shape index (κ1) is 11.1. The lowest BCUT2D eigenvalue weighted by atomic mass is 10.1. The van der Waals surface area contributed by atoms with E-state index >= 15 is 0 Å². The van der Waals surface area contributed by atoms with Crippen LogP contribution in [0.2, 0.25) is 0 Å². The largest absolute Gasteiger partial charge is 0.383 e. The molecule has 5 heteroatoms. The second kappa shape index (κ2) is 5.07. The second-order valence-electron chi connectivity index (χ2n) is 3.40. The van der Waals surface area contributed by atoms with Crippen LogP contribution in [0.1, 0.15) is 19.8 Å². The van der Waals surface area contributed by atoms with Crippen molar-refractivity contribution in [3.8, 4) is 0 Å². The van der Waals surface area contributed by atoms with Crippen molar-refractivity contribution in [3.63, 3.8) is 0 Å². The molecule has 1 saturated heterocycles. The van der Waals surface area contributed by atoms with E-state index in [1.165, 1.54) is 0 Å². The molecule has 0 saturated carbocycles. The third kappa shape index (κ3) is 2.78. The smallest absolute Gasteiger partial charge is 0.244 e. The number of rotatable bonds is 5. The summed E-state index contributed by atoms with van der Waals surface area (Å²) in [5, 5.41) is 5.35. The summed E-state index contributed by atoms with van der Waals surface area (Å²) in [5.74, 6) is -0.440. The topological polar surface area (TPSA) is 67.4 Å². The Morgan fingerprint density at radius 3 is 2.79 bits per heavy atom. The number of nitrogens with one attached hydrogen (secondary N) is 2. The molecule has 0 aliphatic carbocycles. The standard InChI is InChI=1S/C9H16N2O3/c1-3-6(5-14-2)10-7-4-8(12)11-9(7)13/h6-7,10H,3-5H2,1-2H3,(H,11,12,13). The number of imide groups is 1. The Morgan fingerprint density at radius 1 is 1.64 bits per heavy atom. The maximum atomic E-state index is 11.2. The van der Waals surface area contributed by atoms with Gasteiger partial charge in [0.15, 0.2) is 0 Å². The summed E-state index contributed by atoms with van der Waals surface area (Å²) in [7, 11) is 1.62. The predicted octanol–water partition coefficient (Wildman–Crippen LogP) is -0.584. The van der Waals surface area contributed by atoms with Crippen molar-refractivity contribution in [2.24, 2.45) is 0 Å².